The zero-order chi connectivity index (χ0) is 18.8. The Hall–Kier alpha value is -2.14. The van der Waals surface area contributed by atoms with E-state index < -0.39 is 0 Å². The minimum atomic E-state index is -0.0429. The molecule has 1 aromatic heterocycles. The van der Waals surface area contributed by atoms with Crippen molar-refractivity contribution in [1.29, 1.82) is 0 Å². The van der Waals surface area contributed by atoms with Crippen LogP contribution < -0.4 is 0 Å². The lowest BCUT2D eigenvalue weighted by atomic mass is 9.89. The molecule has 1 N–H and O–H groups in total. The van der Waals surface area contributed by atoms with Crippen LogP contribution in [0.2, 0.25) is 0 Å². The van der Waals surface area contributed by atoms with Gasteiger partial charge < -0.3 is 10.0 Å². The Balaban J connectivity index is 1.38. The van der Waals surface area contributed by atoms with Crippen LogP contribution in [-0.2, 0) is 12.8 Å². The average molecular weight is 384 g/mol. The van der Waals surface area contributed by atoms with Crippen molar-refractivity contribution < 1.29 is 14.7 Å². The van der Waals surface area contributed by atoms with Crippen molar-refractivity contribution in [3.63, 3.8) is 0 Å². The highest BCUT2D eigenvalue weighted by atomic mass is 32.1. The van der Waals surface area contributed by atoms with E-state index >= 15 is 0 Å². The minimum absolute atomic E-state index is 0.0429. The highest BCUT2D eigenvalue weighted by molar-refractivity contribution is 7.14. The Morgan fingerprint density at radius 3 is 2.44 bits per heavy atom. The second kappa shape index (κ2) is 7.85. The van der Waals surface area contributed by atoms with Crippen molar-refractivity contribution in [3.8, 4) is 5.75 Å². The molecule has 0 spiro atoms. The van der Waals surface area contributed by atoms with E-state index in [2.05, 4.69) is 6.07 Å². The molecule has 0 radical (unpaired) electrons. The van der Waals surface area contributed by atoms with Gasteiger partial charge in [0.2, 0.25) is 0 Å². The van der Waals surface area contributed by atoms with Crippen molar-refractivity contribution in [2.75, 3.05) is 13.1 Å². The van der Waals surface area contributed by atoms with Gasteiger partial charge in [0, 0.05) is 29.4 Å². The lowest BCUT2D eigenvalue weighted by Gasteiger charge is -2.31. The number of hydrogen-bond acceptors (Lipinski definition) is 4. The number of aryl methyl sites for hydroxylation is 2. The van der Waals surface area contributed by atoms with E-state index in [-0.39, 0.29) is 23.4 Å². The predicted molar refractivity (Wildman–Crippen MR) is 107 cm³/mol. The molecule has 2 aliphatic rings. The highest BCUT2D eigenvalue weighted by Gasteiger charge is 2.29. The fourth-order valence-electron chi connectivity index (χ4n) is 4.13. The predicted octanol–water partition coefficient (Wildman–Crippen LogP) is 4.46. The van der Waals surface area contributed by atoms with Crippen LogP contribution in [0.3, 0.4) is 0 Å². The smallest absolute Gasteiger partial charge is 0.263 e. The number of rotatable bonds is 3. The van der Waals surface area contributed by atoms with Gasteiger partial charge in [0.05, 0.1) is 4.88 Å². The number of benzene rings is 1. The number of ketones is 1. The highest BCUT2D eigenvalue weighted by Crippen LogP contribution is 2.31. The number of carbonyl (C=O) groups is 2. The number of phenolic OH excluding ortho intramolecular Hbond substituents is 1. The number of piperidine rings is 1. The van der Waals surface area contributed by atoms with E-state index in [4.69, 9.17) is 0 Å². The molecule has 1 fully saturated rings. The maximum atomic E-state index is 12.9. The Bertz CT molecular complexity index is 808. The second-order valence-electron chi connectivity index (χ2n) is 7.60. The van der Waals surface area contributed by atoms with Gasteiger partial charge >= 0.3 is 0 Å². The largest absolute Gasteiger partial charge is 0.508 e. The topological polar surface area (TPSA) is 57.6 Å². The van der Waals surface area contributed by atoms with Crippen LogP contribution in [-0.4, -0.2) is 34.8 Å². The van der Waals surface area contributed by atoms with E-state index in [9.17, 15) is 14.7 Å². The zero-order valence-corrected chi connectivity index (χ0v) is 16.3. The van der Waals surface area contributed by atoms with E-state index in [1.165, 1.54) is 29.7 Å². The first-order valence-corrected chi connectivity index (χ1v) is 10.7. The molecule has 142 valence electrons. The van der Waals surface area contributed by atoms with Gasteiger partial charge in [-0.25, -0.2) is 0 Å². The second-order valence-corrected chi connectivity index (χ2v) is 8.73. The van der Waals surface area contributed by atoms with Crippen molar-refractivity contribution >= 4 is 23.0 Å². The standard InChI is InChI=1S/C22H25NO3S/c24-18-8-6-15(7-9-18)21(25)16-10-12-23(13-11-16)22(26)20-14-17-4-2-1-3-5-19(17)27-20/h6-9,14,16,24H,1-5,10-13H2. The summed E-state index contributed by atoms with van der Waals surface area (Å²) in [6, 6.07) is 8.56. The molecule has 0 atom stereocenters. The van der Waals surface area contributed by atoms with Crippen LogP contribution in [0.25, 0.3) is 0 Å². The summed E-state index contributed by atoms with van der Waals surface area (Å²) in [7, 11) is 0. The fraction of sp³-hybridized carbons (Fsp3) is 0.455. The van der Waals surface area contributed by atoms with Crippen molar-refractivity contribution in [2.45, 2.75) is 44.9 Å². The Morgan fingerprint density at radius 2 is 1.70 bits per heavy atom. The summed E-state index contributed by atoms with van der Waals surface area (Å²) in [5.74, 6) is 0.369. The maximum absolute atomic E-state index is 12.9. The third kappa shape index (κ3) is 3.93. The summed E-state index contributed by atoms with van der Waals surface area (Å²) in [4.78, 5) is 29.7. The molecule has 1 amide bonds. The van der Waals surface area contributed by atoms with Crippen molar-refractivity contribution in [1.82, 2.24) is 4.90 Å². The monoisotopic (exact) mass is 383 g/mol. The lowest BCUT2D eigenvalue weighted by Crippen LogP contribution is -2.40. The van der Waals surface area contributed by atoms with Crippen LogP contribution in [0.5, 0.6) is 5.75 Å². The first-order chi connectivity index (χ1) is 13.1. The SMILES string of the molecule is O=C(c1ccc(O)cc1)C1CCN(C(=O)c2cc3c(s2)CCCCC3)CC1. The number of carbonyl (C=O) groups excluding carboxylic acids is 2. The molecule has 2 heterocycles. The molecule has 0 saturated carbocycles. The number of thiophene rings is 1. The third-order valence-corrected chi connectivity index (χ3v) is 6.99. The molecular formula is C22H25NO3S. The normalized spacial score (nSPS) is 18.0. The quantitative estimate of drug-likeness (QED) is 0.629. The Morgan fingerprint density at radius 1 is 1.00 bits per heavy atom. The Labute approximate surface area is 163 Å². The van der Waals surface area contributed by atoms with Gasteiger partial charge in [0.1, 0.15) is 5.75 Å². The summed E-state index contributed by atoms with van der Waals surface area (Å²) >= 11 is 1.67. The summed E-state index contributed by atoms with van der Waals surface area (Å²) in [5.41, 5.74) is 2.01. The number of aromatic hydroxyl groups is 1. The number of likely N-dealkylation sites (tertiary alicyclic amines) is 1. The molecule has 2 aromatic rings. The number of Topliss-reactive ketones (excluding diaryl/α,β-unsaturated/α-hetero) is 1. The number of phenols is 1. The molecule has 0 bridgehead atoms. The van der Waals surface area contributed by atoms with Crippen LogP contribution in [0, 0.1) is 5.92 Å². The van der Waals surface area contributed by atoms with Gasteiger partial charge in [-0.15, -0.1) is 11.3 Å². The maximum Gasteiger partial charge on any atom is 0.263 e. The molecule has 5 heteroatoms. The van der Waals surface area contributed by atoms with Gasteiger partial charge in [-0.05, 0) is 74.4 Å². The third-order valence-electron chi connectivity index (χ3n) is 5.76. The molecular weight excluding hydrogens is 358 g/mol. The van der Waals surface area contributed by atoms with Gasteiger partial charge in [0.15, 0.2) is 5.78 Å². The van der Waals surface area contributed by atoms with Crippen LogP contribution in [0.1, 0.15) is 62.6 Å². The Kier molecular flexibility index (Phi) is 5.30. The molecule has 1 aliphatic carbocycles. The molecule has 1 aliphatic heterocycles. The lowest BCUT2D eigenvalue weighted by molar-refractivity contribution is 0.0654. The van der Waals surface area contributed by atoms with E-state index in [0.29, 0.717) is 31.5 Å². The summed E-state index contributed by atoms with van der Waals surface area (Å²) in [6.07, 6.45) is 7.35. The molecule has 4 nitrogen and oxygen atoms in total. The van der Waals surface area contributed by atoms with Crippen LogP contribution >= 0.6 is 11.3 Å². The summed E-state index contributed by atoms with van der Waals surface area (Å²) < 4.78 is 0. The van der Waals surface area contributed by atoms with Gasteiger partial charge in [-0.2, -0.15) is 0 Å². The zero-order valence-electron chi connectivity index (χ0n) is 15.4. The van der Waals surface area contributed by atoms with Crippen molar-refractivity contribution in [3.05, 3.63) is 51.2 Å². The number of hydrogen-bond donors (Lipinski definition) is 1. The fourth-order valence-corrected chi connectivity index (χ4v) is 5.36. The summed E-state index contributed by atoms with van der Waals surface area (Å²) in [5, 5.41) is 9.37. The number of nitrogens with zero attached hydrogens (tertiary/aromatic N) is 1. The molecule has 0 unspecified atom stereocenters. The van der Waals surface area contributed by atoms with E-state index in [1.807, 2.05) is 4.90 Å². The molecule has 4 rings (SSSR count). The van der Waals surface area contributed by atoms with Gasteiger partial charge in [-0.1, -0.05) is 6.42 Å². The first-order valence-electron chi connectivity index (χ1n) is 9.86. The number of amides is 1. The summed E-state index contributed by atoms with van der Waals surface area (Å²) in [6.45, 7) is 1.27. The number of fused-ring (bicyclic) bond motifs is 1. The van der Waals surface area contributed by atoms with Gasteiger partial charge in [0.25, 0.3) is 5.91 Å². The van der Waals surface area contributed by atoms with Crippen LogP contribution in [0.15, 0.2) is 30.3 Å². The molecule has 1 aromatic carbocycles. The molecule has 1 saturated heterocycles. The average Bonchev–Trinajstić information content (AvgIpc) is 2.98. The van der Waals surface area contributed by atoms with Crippen LogP contribution in [0.4, 0.5) is 0 Å². The first kappa shape index (κ1) is 18.2. The van der Waals surface area contributed by atoms with E-state index in [1.54, 1.807) is 35.6 Å². The molecule has 27 heavy (non-hydrogen) atoms. The van der Waals surface area contributed by atoms with E-state index in [0.717, 1.165) is 17.7 Å². The minimum Gasteiger partial charge on any atom is -0.508 e. The van der Waals surface area contributed by atoms with Crippen molar-refractivity contribution in [2.24, 2.45) is 5.92 Å². The van der Waals surface area contributed by atoms with Gasteiger partial charge in [-0.3, -0.25) is 9.59 Å².